The number of halogens is 1. The highest BCUT2D eigenvalue weighted by Crippen LogP contribution is 2.35. The lowest BCUT2D eigenvalue weighted by molar-refractivity contribution is 0.475. The molecule has 3 rings (SSSR count). The third kappa shape index (κ3) is 1.83. The molecule has 3 heteroatoms. The average Bonchev–Trinajstić information content (AvgIpc) is 2.71. The molecule has 1 aliphatic rings. The van der Waals surface area contributed by atoms with Crippen molar-refractivity contribution in [1.82, 2.24) is 0 Å². The quantitative estimate of drug-likeness (QED) is 0.844. The highest BCUT2D eigenvalue weighted by Gasteiger charge is 2.16. The van der Waals surface area contributed by atoms with Crippen molar-refractivity contribution >= 4 is 17.3 Å². The van der Waals surface area contributed by atoms with Gasteiger partial charge in [0.05, 0.1) is 5.02 Å². The first-order chi connectivity index (χ1) is 8.65. The van der Waals surface area contributed by atoms with Gasteiger partial charge in [0.25, 0.3) is 0 Å². The Labute approximate surface area is 111 Å². The number of anilines is 1. The highest BCUT2D eigenvalue weighted by atomic mass is 35.5. The summed E-state index contributed by atoms with van der Waals surface area (Å²) in [4.78, 5) is 2.26. The molecule has 0 atom stereocenters. The topological polar surface area (TPSA) is 23.5 Å². The smallest absolute Gasteiger partial charge is 0.117 e. The molecule has 0 amide bonds. The summed E-state index contributed by atoms with van der Waals surface area (Å²) in [7, 11) is 2.11. The predicted octanol–water partition coefficient (Wildman–Crippen LogP) is 3.70. The minimum atomic E-state index is 0.199. The lowest BCUT2D eigenvalue weighted by Crippen LogP contribution is -2.12. The van der Waals surface area contributed by atoms with Gasteiger partial charge in [0, 0.05) is 24.8 Å². The largest absolute Gasteiger partial charge is 0.508 e. The van der Waals surface area contributed by atoms with Crippen molar-refractivity contribution in [1.29, 1.82) is 0 Å². The molecule has 2 aromatic rings. The molecule has 1 aliphatic heterocycles. The van der Waals surface area contributed by atoms with E-state index in [4.69, 9.17) is 11.6 Å². The number of fused-ring (bicyclic) bond motifs is 1. The number of rotatable bonds is 1. The van der Waals surface area contributed by atoms with E-state index in [1.165, 1.54) is 11.3 Å². The number of hydrogen-bond acceptors (Lipinski definition) is 2. The van der Waals surface area contributed by atoms with Crippen LogP contribution in [0.15, 0.2) is 36.4 Å². The van der Waals surface area contributed by atoms with Gasteiger partial charge < -0.3 is 10.0 Å². The zero-order valence-corrected chi connectivity index (χ0v) is 10.9. The molecule has 18 heavy (non-hydrogen) atoms. The SMILES string of the molecule is CN1CCc2cc(-c3ccc(O)cc3Cl)ccc21. The molecule has 2 nitrogen and oxygen atoms in total. The fraction of sp³-hybridized carbons (Fsp3) is 0.200. The molecular weight excluding hydrogens is 246 g/mol. The Morgan fingerprint density at radius 1 is 1.17 bits per heavy atom. The molecule has 0 aliphatic carbocycles. The van der Waals surface area contributed by atoms with Crippen molar-refractivity contribution < 1.29 is 5.11 Å². The van der Waals surface area contributed by atoms with E-state index in [9.17, 15) is 5.11 Å². The standard InChI is InChI=1S/C15H14ClNO/c1-17-7-6-11-8-10(2-5-15(11)17)13-4-3-12(18)9-14(13)16/h2-5,8-9,18H,6-7H2,1H3. The van der Waals surface area contributed by atoms with E-state index in [1.807, 2.05) is 6.07 Å². The average molecular weight is 260 g/mol. The summed E-state index contributed by atoms with van der Waals surface area (Å²) < 4.78 is 0. The van der Waals surface area contributed by atoms with Crippen molar-refractivity contribution in [3.05, 3.63) is 47.0 Å². The molecule has 1 N–H and O–H groups in total. The molecule has 2 aromatic carbocycles. The zero-order valence-electron chi connectivity index (χ0n) is 10.2. The summed E-state index contributed by atoms with van der Waals surface area (Å²) >= 11 is 6.17. The third-order valence-corrected chi connectivity index (χ3v) is 3.78. The maximum atomic E-state index is 9.38. The van der Waals surface area contributed by atoms with Crippen LogP contribution >= 0.6 is 11.6 Å². The molecule has 1 heterocycles. The maximum Gasteiger partial charge on any atom is 0.117 e. The monoisotopic (exact) mass is 259 g/mol. The van der Waals surface area contributed by atoms with E-state index in [0.717, 1.165) is 24.1 Å². The molecule has 0 spiro atoms. The van der Waals surface area contributed by atoms with Crippen molar-refractivity contribution in [2.75, 3.05) is 18.5 Å². The Morgan fingerprint density at radius 3 is 2.78 bits per heavy atom. The van der Waals surface area contributed by atoms with Gasteiger partial charge in [-0.25, -0.2) is 0 Å². The lowest BCUT2D eigenvalue weighted by atomic mass is 10.0. The van der Waals surface area contributed by atoms with Crippen molar-refractivity contribution in [2.24, 2.45) is 0 Å². The number of aromatic hydroxyl groups is 1. The van der Waals surface area contributed by atoms with Gasteiger partial charge in [-0.2, -0.15) is 0 Å². The molecule has 0 unspecified atom stereocenters. The Morgan fingerprint density at radius 2 is 2.00 bits per heavy atom. The number of nitrogens with zero attached hydrogens (tertiary/aromatic N) is 1. The second kappa shape index (κ2) is 4.21. The van der Waals surface area contributed by atoms with E-state index in [-0.39, 0.29) is 5.75 Å². The molecule has 0 bridgehead atoms. The predicted molar refractivity (Wildman–Crippen MR) is 75.5 cm³/mol. The molecule has 0 radical (unpaired) electrons. The fourth-order valence-electron chi connectivity index (χ4n) is 2.47. The number of phenols is 1. The Bertz CT molecular complexity index is 609. The van der Waals surface area contributed by atoms with E-state index in [0.29, 0.717) is 5.02 Å². The van der Waals surface area contributed by atoms with Gasteiger partial charge in [0.15, 0.2) is 0 Å². The van der Waals surface area contributed by atoms with Gasteiger partial charge in [-0.1, -0.05) is 17.7 Å². The second-order valence-corrected chi connectivity index (χ2v) is 5.09. The Hall–Kier alpha value is -1.67. The van der Waals surface area contributed by atoms with Gasteiger partial charge >= 0.3 is 0 Å². The minimum Gasteiger partial charge on any atom is -0.508 e. The number of benzene rings is 2. The zero-order chi connectivity index (χ0) is 12.7. The van der Waals surface area contributed by atoms with E-state index in [1.54, 1.807) is 12.1 Å². The minimum absolute atomic E-state index is 0.199. The van der Waals surface area contributed by atoms with Crippen LogP contribution in [0.4, 0.5) is 5.69 Å². The highest BCUT2D eigenvalue weighted by molar-refractivity contribution is 6.33. The summed E-state index contributed by atoms with van der Waals surface area (Å²) in [5.41, 5.74) is 4.73. The van der Waals surface area contributed by atoms with Crippen molar-refractivity contribution in [2.45, 2.75) is 6.42 Å². The molecule has 0 saturated carbocycles. The van der Waals surface area contributed by atoms with Crippen molar-refractivity contribution in [3.63, 3.8) is 0 Å². The van der Waals surface area contributed by atoms with Crippen LogP contribution in [0.5, 0.6) is 5.75 Å². The lowest BCUT2D eigenvalue weighted by Gasteiger charge is -2.12. The van der Waals surface area contributed by atoms with Crippen LogP contribution in [0, 0.1) is 0 Å². The Balaban J connectivity index is 2.08. The second-order valence-electron chi connectivity index (χ2n) is 4.68. The molecule has 0 aromatic heterocycles. The summed E-state index contributed by atoms with van der Waals surface area (Å²) in [5.74, 6) is 0.199. The van der Waals surface area contributed by atoms with Crippen LogP contribution in [0.1, 0.15) is 5.56 Å². The van der Waals surface area contributed by atoms with Gasteiger partial charge in [0.1, 0.15) is 5.75 Å². The number of phenolic OH excluding ortho intramolecular Hbond substituents is 1. The molecule has 0 saturated heterocycles. The van der Waals surface area contributed by atoms with Crippen LogP contribution in [0.25, 0.3) is 11.1 Å². The van der Waals surface area contributed by atoms with Crippen LogP contribution in [-0.2, 0) is 6.42 Å². The van der Waals surface area contributed by atoms with Crippen LogP contribution in [0.3, 0.4) is 0 Å². The molecule has 0 fully saturated rings. The van der Waals surface area contributed by atoms with E-state index in [2.05, 4.69) is 30.1 Å². The van der Waals surface area contributed by atoms with Gasteiger partial charge in [-0.05, 0) is 47.9 Å². The first-order valence-corrected chi connectivity index (χ1v) is 6.36. The summed E-state index contributed by atoms with van der Waals surface area (Å²) in [6.45, 7) is 1.07. The van der Waals surface area contributed by atoms with Gasteiger partial charge in [-0.15, -0.1) is 0 Å². The van der Waals surface area contributed by atoms with E-state index >= 15 is 0 Å². The maximum absolute atomic E-state index is 9.38. The molecule has 92 valence electrons. The van der Waals surface area contributed by atoms with Gasteiger partial charge in [-0.3, -0.25) is 0 Å². The van der Waals surface area contributed by atoms with Crippen LogP contribution in [-0.4, -0.2) is 18.7 Å². The number of hydrogen-bond donors (Lipinski definition) is 1. The summed E-state index contributed by atoms with van der Waals surface area (Å²) in [5, 5.41) is 9.97. The van der Waals surface area contributed by atoms with E-state index < -0.39 is 0 Å². The van der Waals surface area contributed by atoms with Crippen LogP contribution in [0.2, 0.25) is 5.02 Å². The molecular formula is C15H14ClNO. The Kier molecular flexibility index (Phi) is 2.67. The number of likely N-dealkylation sites (N-methyl/N-ethyl adjacent to an activating group) is 1. The van der Waals surface area contributed by atoms with Crippen molar-refractivity contribution in [3.8, 4) is 16.9 Å². The fourth-order valence-corrected chi connectivity index (χ4v) is 2.76. The normalized spacial score (nSPS) is 13.8. The first-order valence-electron chi connectivity index (χ1n) is 5.98. The first kappa shape index (κ1) is 11.4. The van der Waals surface area contributed by atoms with Crippen LogP contribution < -0.4 is 4.90 Å². The van der Waals surface area contributed by atoms with Gasteiger partial charge in [0.2, 0.25) is 0 Å². The summed E-state index contributed by atoms with van der Waals surface area (Å²) in [6, 6.07) is 11.5. The summed E-state index contributed by atoms with van der Waals surface area (Å²) in [6.07, 6.45) is 1.08. The third-order valence-electron chi connectivity index (χ3n) is 3.47.